The van der Waals surface area contributed by atoms with Crippen LogP contribution in [0.1, 0.15) is 32.1 Å². The lowest BCUT2D eigenvalue weighted by Crippen LogP contribution is -2.24. The van der Waals surface area contributed by atoms with Gasteiger partial charge in [-0.3, -0.25) is 0 Å². The molecule has 0 unspecified atom stereocenters. The predicted molar refractivity (Wildman–Crippen MR) is 41.9 cm³/mol. The molecule has 0 bridgehead atoms. The Kier molecular flexibility index (Phi) is 3.16. The first kappa shape index (κ1) is 8.02. The number of ether oxygens (including phenoxy) is 1. The average Bonchev–Trinajstić information content (AvgIpc) is 2.13. The highest BCUT2D eigenvalue weighted by molar-refractivity contribution is 4.72. The van der Waals surface area contributed by atoms with Gasteiger partial charge in [0.15, 0.2) is 0 Å². The van der Waals surface area contributed by atoms with Crippen LogP contribution in [0.3, 0.4) is 0 Å². The van der Waals surface area contributed by atoms with E-state index in [1.54, 1.807) is 7.11 Å². The number of hydrogen-bond donors (Lipinski definition) is 1. The van der Waals surface area contributed by atoms with Crippen molar-refractivity contribution < 1.29 is 4.74 Å². The molecule has 2 atom stereocenters. The van der Waals surface area contributed by atoms with Crippen LogP contribution in [0.15, 0.2) is 0 Å². The standard InChI is InChI=1S/C8H17NO/c1-10-8-5-3-2-4-7(9)6-8/h7-8H,2-6,9H2,1H3/t7-,8+/m0/s1. The summed E-state index contributed by atoms with van der Waals surface area (Å²) in [6, 6.07) is 0.382. The maximum absolute atomic E-state index is 5.82. The van der Waals surface area contributed by atoms with Gasteiger partial charge in [-0.25, -0.2) is 0 Å². The molecule has 2 nitrogen and oxygen atoms in total. The zero-order valence-corrected chi connectivity index (χ0v) is 6.68. The van der Waals surface area contributed by atoms with Gasteiger partial charge in [-0.1, -0.05) is 12.8 Å². The maximum atomic E-state index is 5.82. The van der Waals surface area contributed by atoms with Crippen molar-refractivity contribution >= 4 is 0 Å². The van der Waals surface area contributed by atoms with Crippen molar-refractivity contribution in [3.05, 3.63) is 0 Å². The highest BCUT2D eigenvalue weighted by Crippen LogP contribution is 2.18. The van der Waals surface area contributed by atoms with Crippen molar-refractivity contribution in [2.45, 2.75) is 44.2 Å². The van der Waals surface area contributed by atoms with E-state index in [1.807, 2.05) is 0 Å². The molecule has 1 aliphatic carbocycles. The normalized spacial score (nSPS) is 35.4. The predicted octanol–water partition coefficient (Wildman–Crippen LogP) is 1.29. The molecule has 0 heterocycles. The van der Waals surface area contributed by atoms with Crippen LogP contribution < -0.4 is 5.73 Å². The van der Waals surface area contributed by atoms with E-state index in [4.69, 9.17) is 10.5 Å². The van der Waals surface area contributed by atoms with Gasteiger partial charge in [0.1, 0.15) is 0 Å². The van der Waals surface area contributed by atoms with E-state index in [9.17, 15) is 0 Å². The maximum Gasteiger partial charge on any atom is 0.0586 e. The van der Waals surface area contributed by atoms with Crippen LogP contribution in [0.2, 0.25) is 0 Å². The van der Waals surface area contributed by atoms with Gasteiger partial charge in [0.05, 0.1) is 6.10 Å². The SMILES string of the molecule is CO[C@@H]1CCCC[C@H](N)C1. The highest BCUT2D eigenvalue weighted by Gasteiger charge is 2.15. The molecule has 0 aromatic heterocycles. The van der Waals surface area contributed by atoms with Gasteiger partial charge < -0.3 is 10.5 Å². The van der Waals surface area contributed by atoms with E-state index < -0.39 is 0 Å². The molecule has 10 heavy (non-hydrogen) atoms. The van der Waals surface area contributed by atoms with E-state index in [0.717, 1.165) is 6.42 Å². The fraction of sp³-hybridized carbons (Fsp3) is 1.00. The summed E-state index contributed by atoms with van der Waals surface area (Å²) in [4.78, 5) is 0. The summed E-state index contributed by atoms with van der Waals surface area (Å²) >= 11 is 0. The number of hydrogen-bond acceptors (Lipinski definition) is 2. The second-order valence-corrected chi connectivity index (χ2v) is 3.14. The van der Waals surface area contributed by atoms with Crippen LogP contribution in [0.5, 0.6) is 0 Å². The molecule has 0 saturated heterocycles. The molecule has 0 aliphatic heterocycles. The Labute approximate surface area is 62.7 Å². The zero-order valence-electron chi connectivity index (χ0n) is 6.68. The van der Waals surface area contributed by atoms with Crippen molar-refractivity contribution in [3.8, 4) is 0 Å². The Balaban J connectivity index is 2.30. The van der Waals surface area contributed by atoms with E-state index in [-0.39, 0.29) is 0 Å². The summed E-state index contributed by atoms with van der Waals surface area (Å²) in [5, 5.41) is 0. The molecule has 0 aromatic carbocycles. The first-order valence-electron chi connectivity index (χ1n) is 4.11. The second-order valence-electron chi connectivity index (χ2n) is 3.14. The fourth-order valence-electron chi connectivity index (χ4n) is 1.57. The van der Waals surface area contributed by atoms with Crippen molar-refractivity contribution in [2.75, 3.05) is 7.11 Å². The number of methoxy groups -OCH3 is 1. The fourth-order valence-corrected chi connectivity index (χ4v) is 1.57. The molecule has 0 spiro atoms. The molecule has 0 aromatic rings. The largest absolute Gasteiger partial charge is 0.381 e. The summed E-state index contributed by atoms with van der Waals surface area (Å²) in [6.07, 6.45) is 6.42. The van der Waals surface area contributed by atoms with E-state index in [2.05, 4.69) is 0 Å². The molecule has 60 valence electrons. The highest BCUT2D eigenvalue weighted by atomic mass is 16.5. The molecule has 0 amide bonds. The van der Waals surface area contributed by atoms with Crippen LogP contribution in [0, 0.1) is 0 Å². The third-order valence-electron chi connectivity index (χ3n) is 2.25. The van der Waals surface area contributed by atoms with E-state index in [0.29, 0.717) is 12.1 Å². The minimum atomic E-state index is 0.382. The Morgan fingerprint density at radius 3 is 2.70 bits per heavy atom. The summed E-state index contributed by atoms with van der Waals surface area (Å²) in [5.74, 6) is 0. The summed E-state index contributed by atoms with van der Waals surface area (Å²) in [5.41, 5.74) is 5.82. The van der Waals surface area contributed by atoms with Crippen LogP contribution in [0.4, 0.5) is 0 Å². The lowest BCUT2D eigenvalue weighted by atomic mass is 10.1. The van der Waals surface area contributed by atoms with Crippen molar-refractivity contribution in [3.63, 3.8) is 0 Å². The molecule has 1 fully saturated rings. The lowest BCUT2D eigenvalue weighted by molar-refractivity contribution is 0.0866. The van der Waals surface area contributed by atoms with Crippen molar-refractivity contribution in [1.29, 1.82) is 0 Å². The quantitative estimate of drug-likeness (QED) is 0.561. The topological polar surface area (TPSA) is 35.2 Å². The third kappa shape index (κ3) is 2.27. The molecule has 0 radical (unpaired) electrons. The number of rotatable bonds is 1. The first-order valence-corrected chi connectivity index (χ1v) is 4.11. The third-order valence-corrected chi connectivity index (χ3v) is 2.25. The van der Waals surface area contributed by atoms with Crippen LogP contribution >= 0.6 is 0 Å². The number of nitrogens with two attached hydrogens (primary N) is 1. The van der Waals surface area contributed by atoms with Gasteiger partial charge in [0.25, 0.3) is 0 Å². The van der Waals surface area contributed by atoms with E-state index >= 15 is 0 Å². The smallest absolute Gasteiger partial charge is 0.0586 e. The Morgan fingerprint density at radius 2 is 2.00 bits per heavy atom. The Hall–Kier alpha value is -0.0800. The van der Waals surface area contributed by atoms with Gasteiger partial charge in [0.2, 0.25) is 0 Å². The van der Waals surface area contributed by atoms with Gasteiger partial charge >= 0.3 is 0 Å². The molecule has 1 rings (SSSR count). The molecular formula is C8H17NO. The average molecular weight is 143 g/mol. The van der Waals surface area contributed by atoms with Crippen LogP contribution in [-0.2, 0) is 4.74 Å². The van der Waals surface area contributed by atoms with Gasteiger partial charge in [-0.2, -0.15) is 0 Å². The summed E-state index contributed by atoms with van der Waals surface area (Å²) in [6.45, 7) is 0. The molecule has 2 N–H and O–H groups in total. The van der Waals surface area contributed by atoms with Gasteiger partial charge in [-0.05, 0) is 19.3 Å². The van der Waals surface area contributed by atoms with E-state index in [1.165, 1.54) is 25.7 Å². The van der Waals surface area contributed by atoms with Crippen LogP contribution in [-0.4, -0.2) is 19.3 Å². The monoisotopic (exact) mass is 143 g/mol. The minimum absolute atomic E-state index is 0.382. The zero-order chi connectivity index (χ0) is 7.40. The van der Waals surface area contributed by atoms with Crippen molar-refractivity contribution in [1.82, 2.24) is 0 Å². The first-order chi connectivity index (χ1) is 4.83. The minimum Gasteiger partial charge on any atom is -0.381 e. The second kappa shape index (κ2) is 3.94. The Bertz CT molecular complexity index is 95.3. The summed E-state index contributed by atoms with van der Waals surface area (Å²) < 4.78 is 5.26. The molecule has 2 heteroatoms. The molecular weight excluding hydrogens is 126 g/mol. The van der Waals surface area contributed by atoms with Gasteiger partial charge in [0, 0.05) is 13.2 Å². The molecule has 1 aliphatic rings. The lowest BCUT2D eigenvalue weighted by Gasteiger charge is -2.14. The van der Waals surface area contributed by atoms with Crippen LogP contribution in [0.25, 0.3) is 0 Å². The van der Waals surface area contributed by atoms with Gasteiger partial charge in [-0.15, -0.1) is 0 Å². The summed E-state index contributed by atoms with van der Waals surface area (Å²) in [7, 11) is 1.78. The Morgan fingerprint density at radius 1 is 1.30 bits per heavy atom. The molecule has 1 saturated carbocycles. The van der Waals surface area contributed by atoms with Crippen molar-refractivity contribution in [2.24, 2.45) is 5.73 Å².